The van der Waals surface area contributed by atoms with Crippen molar-refractivity contribution in [3.8, 4) is 0 Å². The van der Waals surface area contributed by atoms with Gasteiger partial charge in [0.15, 0.2) is 0 Å². The number of fused-ring (bicyclic) bond motifs is 1. The summed E-state index contributed by atoms with van der Waals surface area (Å²) >= 11 is 0. The Kier molecular flexibility index (Phi) is 3.15. The van der Waals surface area contributed by atoms with Crippen LogP contribution in [0, 0.1) is 0 Å². The highest BCUT2D eigenvalue weighted by Crippen LogP contribution is 2.05. The van der Waals surface area contributed by atoms with Gasteiger partial charge in [-0.25, -0.2) is 9.78 Å². The zero-order valence-corrected chi connectivity index (χ0v) is 8.70. The lowest BCUT2D eigenvalue weighted by molar-refractivity contribution is -0.113. The summed E-state index contributed by atoms with van der Waals surface area (Å²) in [5.41, 5.74) is 0.524. The summed E-state index contributed by atoms with van der Waals surface area (Å²) < 4.78 is 0. The fourth-order valence-corrected chi connectivity index (χ4v) is 1.22. The van der Waals surface area contributed by atoms with E-state index in [1.165, 1.54) is 12.3 Å². The zero-order chi connectivity index (χ0) is 12.1. The summed E-state index contributed by atoms with van der Waals surface area (Å²) in [5.74, 6) is -0.269. The monoisotopic (exact) mass is 228 g/mol. The third-order valence-corrected chi connectivity index (χ3v) is 1.96. The van der Waals surface area contributed by atoms with Crippen molar-refractivity contribution < 1.29 is 4.79 Å². The molecule has 1 aromatic carbocycles. The summed E-state index contributed by atoms with van der Waals surface area (Å²) in [6.07, 6.45) is 4.23. The van der Waals surface area contributed by atoms with Gasteiger partial charge in [-0.05, 0) is 6.07 Å². The quantitative estimate of drug-likeness (QED) is 0.739. The van der Waals surface area contributed by atoms with E-state index in [0.717, 1.165) is 10.9 Å². The molecule has 1 aliphatic rings. The van der Waals surface area contributed by atoms with Crippen molar-refractivity contribution in [1.29, 1.82) is 0 Å². The van der Waals surface area contributed by atoms with Gasteiger partial charge in [0.25, 0.3) is 5.91 Å². The van der Waals surface area contributed by atoms with Crippen LogP contribution in [0.15, 0.2) is 57.8 Å². The topological polar surface area (TPSA) is 87.5 Å². The fourth-order valence-electron chi connectivity index (χ4n) is 1.22. The van der Waals surface area contributed by atoms with Crippen molar-refractivity contribution in [2.24, 2.45) is 10.2 Å². The number of amides is 1. The molecule has 1 amide bonds. The van der Waals surface area contributed by atoms with Crippen molar-refractivity contribution in [2.75, 3.05) is 0 Å². The van der Waals surface area contributed by atoms with E-state index in [1.54, 1.807) is 6.20 Å². The van der Waals surface area contributed by atoms with Crippen LogP contribution in [0.4, 0.5) is 0 Å². The average molecular weight is 228 g/mol. The molecule has 0 spiro atoms. The van der Waals surface area contributed by atoms with Gasteiger partial charge in [0, 0.05) is 17.7 Å². The molecule has 0 bridgehead atoms. The maximum Gasteiger partial charge on any atom is 0.345 e. The summed E-state index contributed by atoms with van der Waals surface area (Å²) in [6.45, 7) is 0. The highest BCUT2D eigenvalue weighted by molar-refractivity contribution is 5.89. The van der Waals surface area contributed by atoms with Gasteiger partial charge in [-0.1, -0.05) is 18.2 Å². The lowest BCUT2D eigenvalue weighted by atomic mass is 10.2. The predicted molar refractivity (Wildman–Crippen MR) is 61.4 cm³/mol. The van der Waals surface area contributed by atoms with Crippen LogP contribution in [0.1, 0.15) is 0 Å². The molecule has 6 nitrogen and oxygen atoms in total. The third-order valence-electron chi connectivity index (χ3n) is 1.96. The first-order valence-electron chi connectivity index (χ1n) is 4.81. The summed E-state index contributed by atoms with van der Waals surface area (Å²) in [4.78, 5) is 26.8. The molecule has 0 radical (unpaired) electrons. The van der Waals surface area contributed by atoms with Crippen molar-refractivity contribution in [1.82, 2.24) is 9.97 Å². The number of H-pyrrole nitrogens is 1. The molecule has 17 heavy (non-hydrogen) atoms. The smallest absolute Gasteiger partial charge is 0.305 e. The van der Waals surface area contributed by atoms with E-state index in [4.69, 9.17) is 0 Å². The number of benzene rings is 1. The molecule has 84 valence electrons. The maximum absolute atomic E-state index is 10.7. The Hall–Kier alpha value is -2.63. The van der Waals surface area contributed by atoms with Crippen LogP contribution >= 0.6 is 0 Å². The molecular formula is C11H8N4O2. The standard InChI is InChI=1S/C8H6N2O.C3H2N2O/c11-8-9-5-6-3-1-2-4-7(6)10-8;6-3-1-2-4-5-3/h1-5H,(H,9,10,11);1-2H. The molecule has 1 aromatic heterocycles. The SMILES string of the molecule is O=C1C=CN=N1.O=c1ncc2ccccc2[nH]1. The second kappa shape index (κ2) is 4.93. The van der Waals surface area contributed by atoms with E-state index >= 15 is 0 Å². The number of aromatic nitrogens is 2. The van der Waals surface area contributed by atoms with Crippen LogP contribution in [-0.4, -0.2) is 15.9 Å². The molecule has 2 heterocycles. The number of hydrogen-bond acceptors (Lipinski definition) is 4. The largest absolute Gasteiger partial charge is 0.345 e. The van der Waals surface area contributed by atoms with Gasteiger partial charge in [0.05, 0.1) is 11.7 Å². The number of aromatic amines is 1. The average Bonchev–Trinajstić information content (AvgIpc) is 2.81. The molecule has 0 saturated carbocycles. The number of azo groups is 1. The molecule has 1 aliphatic heterocycles. The first kappa shape index (κ1) is 10.9. The Morgan fingerprint density at radius 1 is 1.12 bits per heavy atom. The second-order valence-corrected chi connectivity index (χ2v) is 3.15. The second-order valence-electron chi connectivity index (χ2n) is 3.15. The van der Waals surface area contributed by atoms with Gasteiger partial charge < -0.3 is 4.98 Å². The predicted octanol–water partition coefficient (Wildman–Crippen LogP) is 1.42. The summed E-state index contributed by atoms with van der Waals surface area (Å²) in [7, 11) is 0. The van der Waals surface area contributed by atoms with Crippen LogP contribution in [0.2, 0.25) is 0 Å². The molecule has 0 fully saturated rings. The number of nitrogens with zero attached hydrogens (tertiary/aromatic N) is 3. The van der Waals surface area contributed by atoms with E-state index < -0.39 is 0 Å². The van der Waals surface area contributed by atoms with Gasteiger partial charge in [0.2, 0.25) is 0 Å². The van der Waals surface area contributed by atoms with Gasteiger partial charge in [0.1, 0.15) is 0 Å². The van der Waals surface area contributed by atoms with E-state index in [2.05, 4.69) is 20.2 Å². The van der Waals surface area contributed by atoms with Crippen molar-refractivity contribution in [3.05, 3.63) is 53.2 Å². The number of hydrogen-bond donors (Lipinski definition) is 1. The van der Waals surface area contributed by atoms with Gasteiger partial charge in [-0.15, -0.1) is 5.11 Å². The highest BCUT2D eigenvalue weighted by Gasteiger charge is 1.92. The lowest BCUT2D eigenvalue weighted by Crippen LogP contribution is -2.07. The number of carbonyl (C=O) groups is 1. The Bertz CT molecular complexity index is 644. The molecule has 0 saturated heterocycles. The minimum atomic E-state index is -0.302. The zero-order valence-electron chi connectivity index (χ0n) is 8.70. The molecule has 2 aromatic rings. The van der Waals surface area contributed by atoms with Crippen LogP contribution in [-0.2, 0) is 4.79 Å². The van der Waals surface area contributed by atoms with Crippen molar-refractivity contribution in [2.45, 2.75) is 0 Å². The molecule has 0 unspecified atom stereocenters. The Balaban J connectivity index is 0.000000153. The first-order chi connectivity index (χ1) is 8.25. The molecule has 3 rings (SSSR count). The van der Waals surface area contributed by atoms with Crippen molar-refractivity contribution in [3.63, 3.8) is 0 Å². The van der Waals surface area contributed by atoms with Crippen LogP contribution in [0.3, 0.4) is 0 Å². The Labute approximate surface area is 95.7 Å². The Morgan fingerprint density at radius 2 is 1.94 bits per heavy atom. The number of para-hydroxylation sites is 1. The molecule has 1 N–H and O–H groups in total. The minimum absolute atomic E-state index is 0.269. The summed E-state index contributed by atoms with van der Waals surface area (Å²) in [5, 5.41) is 7.32. The third kappa shape index (κ3) is 2.91. The first-order valence-corrected chi connectivity index (χ1v) is 4.81. The van der Waals surface area contributed by atoms with Gasteiger partial charge in [-0.3, -0.25) is 4.79 Å². The number of carbonyl (C=O) groups excluding carboxylic acids is 1. The van der Waals surface area contributed by atoms with E-state index in [1.807, 2.05) is 24.3 Å². The summed E-state index contributed by atoms with van der Waals surface area (Å²) in [6, 6.07) is 7.53. The van der Waals surface area contributed by atoms with Gasteiger partial charge in [-0.2, -0.15) is 5.11 Å². The highest BCUT2D eigenvalue weighted by atomic mass is 16.1. The van der Waals surface area contributed by atoms with Crippen LogP contribution in [0.5, 0.6) is 0 Å². The molecule has 6 heteroatoms. The van der Waals surface area contributed by atoms with Crippen LogP contribution in [0.25, 0.3) is 10.9 Å². The van der Waals surface area contributed by atoms with E-state index in [9.17, 15) is 9.59 Å². The van der Waals surface area contributed by atoms with Crippen molar-refractivity contribution >= 4 is 16.8 Å². The maximum atomic E-state index is 10.7. The normalized spacial score (nSPS) is 12.6. The molecule has 0 aliphatic carbocycles. The minimum Gasteiger partial charge on any atom is -0.305 e. The lowest BCUT2D eigenvalue weighted by Gasteiger charge is -1.92. The van der Waals surface area contributed by atoms with E-state index in [-0.39, 0.29) is 11.6 Å². The van der Waals surface area contributed by atoms with E-state index in [0.29, 0.717) is 0 Å². The molecule has 0 atom stereocenters. The van der Waals surface area contributed by atoms with Gasteiger partial charge >= 0.3 is 5.69 Å². The fraction of sp³-hybridized carbons (Fsp3) is 0. The van der Waals surface area contributed by atoms with Crippen LogP contribution < -0.4 is 5.69 Å². The molecular weight excluding hydrogens is 220 g/mol. The number of rotatable bonds is 0. The Morgan fingerprint density at radius 3 is 2.59 bits per heavy atom. The number of nitrogens with one attached hydrogen (secondary N) is 1.